The van der Waals surface area contributed by atoms with Gasteiger partial charge in [0, 0.05) is 19.1 Å². The highest BCUT2D eigenvalue weighted by molar-refractivity contribution is 4.91. The van der Waals surface area contributed by atoms with Gasteiger partial charge in [0.05, 0.1) is 18.8 Å². The van der Waals surface area contributed by atoms with Gasteiger partial charge in [0.2, 0.25) is 0 Å². The minimum atomic E-state index is -0.815. The van der Waals surface area contributed by atoms with Crippen LogP contribution in [0.4, 0.5) is 4.39 Å². The standard InChI is InChI=1S/C8H14FNO2/c9-2-7(11)3-10-4-8-1-6(10)5-12-8/h6-8,11H,1-5H2. The van der Waals surface area contributed by atoms with Crippen LogP contribution in [0.25, 0.3) is 0 Å². The maximum absolute atomic E-state index is 12.0. The Hall–Kier alpha value is -0.190. The lowest BCUT2D eigenvalue weighted by molar-refractivity contribution is 0.00592. The van der Waals surface area contributed by atoms with E-state index in [2.05, 4.69) is 4.90 Å². The number of halogens is 1. The summed E-state index contributed by atoms with van der Waals surface area (Å²) in [5.74, 6) is 0. The average Bonchev–Trinajstić information content (AvgIpc) is 2.64. The summed E-state index contributed by atoms with van der Waals surface area (Å²) in [5.41, 5.74) is 0. The minimum Gasteiger partial charge on any atom is -0.389 e. The van der Waals surface area contributed by atoms with Crippen LogP contribution < -0.4 is 0 Å². The highest BCUT2D eigenvalue weighted by atomic mass is 19.1. The lowest BCUT2D eigenvalue weighted by Crippen LogP contribution is -2.42. The van der Waals surface area contributed by atoms with Gasteiger partial charge in [-0.25, -0.2) is 4.39 Å². The molecule has 2 saturated heterocycles. The summed E-state index contributed by atoms with van der Waals surface area (Å²) in [4.78, 5) is 2.12. The molecule has 0 aromatic rings. The van der Waals surface area contributed by atoms with Crippen LogP contribution in [-0.4, -0.2) is 54.6 Å². The second kappa shape index (κ2) is 3.28. The fourth-order valence-electron chi connectivity index (χ4n) is 2.02. The molecule has 1 N–H and O–H groups in total. The molecule has 0 aromatic carbocycles. The Kier molecular flexibility index (Phi) is 2.30. The van der Waals surface area contributed by atoms with E-state index >= 15 is 0 Å². The Morgan fingerprint density at radius 1 is 1.67 bits per heavy atom. The van der Waals surface area contributed by atoms with Gasteiger partial charge in [0.25, 0.3) is 0 Å². The highest BCUT2D eigenvalue weighted by Gasteiger charge is 2.39. The summed E-state index contributed by atoms with van der Waals surface area (Å²) in [6.45, 7) is 1.43. The van der Waals surface area contributed by atoms with E-state index < -0.39 is 12.8 Å². The maximum Gasteiger partial charge on any atom is 0.117 e. The smallest absolute Gasteiger partial charge is 0.117 e. The number of hydrogen-bond donors (Lipinski definition) is 1. The van der Waals surface area contributed by atoms with Crippen molar-refractivity contribution in [3.8, 4) is 0 Å². The maximum atomic E-state index is 12.0. The summed E-state index contributed by atoms with van der Waals surface area (Å²) < 4.78 is 17.4. The number of β-amino-alcohol motifs (C(OH)–C–C–N with tert-alkyl or cyclic N) is 1. The summed E-state index contributed by atoms with van der Waals surface area (Å²) >= 11 is 0. The molecule has 2 aliphatic rings. The van der Waals surface area contributed by atoms with Crippen LogP contribution >= 0.6 is 0 Å². The average molecular weight is 175 g/mol. The molecule has 12 heavy (non-hydrogen) atoms. The number of hydrogen-bond acceptors (Lipinski definition) is 3. The summed E-state index contributed by atoms with van der Waals surface area (Å²) in [5, 5.41) is 9.09. The highest BCUT2D eigenvalue weighted by Crippen LogP contribution is 2.27. The largest absolute Gasteiger partial charge is 0.389 e. The van der Waals surface area contributed by atoms with E-state index in [1.807, 2.05) is 0 Å². The molecule has 3 nitrogen and oxygen atoms in total. The number of ether oxygens (including phenoxy) is 1. The number of rotatable bonds is 3. The molecule has 2 rings (SSSR count). The topological polar surface area (TPSA) is 32.7 Å². The SMILES string of the molecule is OC(CF)CN1CC2CC1CO2. The first kappa shape index (κ1) is 8.41. The van der Waals surface area contributed by atoms with E-state index in [9.17, 15) is 4.39 Å². The van der Waals surface area contributed by atoms with Gasteiger partial charge in [-0.2, -0.15) is 0 Å². The Morgan fingerprint density at radius 3 is 3.00 bits per heavy atom. The molecule has 3 atom stereocenters. The van der Waals surface area contributed by atoms with Gasteiger partial charge in [-0.1, -0.05) is 0 Å². The van der Waals surface area contributed by atoms with Crippen molar-refractivity contribution < 1.29 is 14.2 Å². The lowest BCUT2D eigenvalue weighted by atomic mass is 10.2. The van der Waals surface area contributed by atoms with Crippen molar-refractivity contribution in [2.45, 2.75) is 24.7 Å². The normalized spacial score (nSPS) is 37.5. The lowest BCUT2D eigenvalue weighted by Gasteiger charge is -2.27. The van der Waals surface area contributed by atoms with Crippen molar-refractivity contribution in [1.82, 2.24) is 4.90 Å². The Labute approximate surface area is 71.1 Å². The monoisotopic (exact) mass is 175 g/mol. The number of alkyl halides is 1. The molecule has 0 saturated carbocycles. The van der Waals surface area contributed by atoms with Crippen molar-refractivity contribution in [3.63, 3.8) is 0 Å². The Balaban J connectivity index is 1.82. The van der Waals surface area contributed by atoms with Gasteiger partial charge >= 0.3 is 0 Å². The van der Waals surface area contributed by atoms with Crippen LogP contribution in [0.15, 0.2) is 0 Å². The van der Waals surface area contributed by atoms with Gasteiger partial charge in [-0.05, 0) is 6.42 Å². The number of fused-ring (bicyclic) bond motifs is 2. The van der Waals surface area contributed by atoms with Crippen LogP contribution in [0.1, 0.15) is 6.42 Å². The summed E-state index contributed by atoms with van der Waals surface area (Å²) in [6, 6.07) is 0.427. The fourth-order valence-corrected chi connectivity index (χ4v) is 2.02. The second-order valence-corrected chi connectivity index (χ2v) is 3.61. The van der Waals surface area contributed by atoms with E-state index in [-0.39, 0.29) is 0 Å². The molecule has 0 aromatic heterocycles. The molecule has 2 bridgehead atoms. The van der Waals surface area contributed by atoms with Crippen molar-refractivity contribution in [2.75, 3.05) is 26.4 Å². The number of likely N-dealkylation sites (tertiary alicyclic amines) is 1. The van der Waals surface area contributed by atoms with Crippen molar-refractivity contribution in [2.24, 2.45) is 0 Å². The zero-order valence-corrected chi connectivity index (χ0v) is 6.95. The van der Waals surface area contributed by atoms with Crippen molar-refractivity contribution in [1.29, 1.82) is 0 Å². The minimum absolute atomic E-state index is 0.335. The van der Waals surface area contributed by atoms with Gasteiger partial charge < -0.3 is 9.84 Å². The molecule has 0 spiro atoms. The molecule has 70 valence electrons. The first-order valence-corrected chi connectivity index (χ1v) is 4.39. The van der Waals surface area contributed by atoms with E-state index in [1.54, 1.807) is 0 Å². The van der Waals surface area contributed by atoms with E-state index in [4.69, 9.17) is 9.84 Å². The fraction of sp³-hybridized carbons (Fsp3) is 1.00. The molecule has 4 heteroatoms. The quantitative estimate of drug-likeness (QED) is 0.644. The van der Waals surface area contributed by atoms with Crippen LogP contribution in [0.5, 0.6) is 0 Å². The van der Waals surface area contributed by atoms with Crippen molar-refractivity contribution in [3.05, 3.63) is 0 Å². The number of aliphatic hydroxyl groups excluding tert-OH is 1. The molecule has 2 fully saturated rings. The molecule has 3 unspecified atom stereocenters. The molecular weight excluding hydrogens is 161 g/mol. The van der Waals surface area contributed by atoms with Crippen LogP contribution in [-0.2, 0) is 4.74 Å². The number of morpholine rings is 1. The van der Waals surface area contributed by atoms with Gasteiger partial charge in [-0.15, -0.1) is 0 Å². The zero-order chi connectivity index (χ0) is 8.55. The third kappa shape index (κ3) is 1.46. The molecule has 0 aliphatic carbocycles. The van der Waals surface area contributed by atoms with Gasteiger partial charge in [-0.3, -0.25) is 4.90 Å². The molecule has 2 heterocycles. The van der Waals surface area contributed by atoms with Crippen molar-refractivity contribution >= 4 is 0 Å². The summed E-state index contributed by atoms with van der Waals surface area (Å²) in [7, 11) is 0. The third-order valence-electron chi connectivity index (χ3n) is 2.64. The molecule has 2 aliphatic heterocycles. The second-order valence-electron chi connectivity index (χ2n) is 3.61. The molecule has 0 amide bonds. The van der Waals surface area contributed by atoms with Gasteiger partial charge in [0.15, 0.2) is 0 Å². The first-order chi connectivity index (χ1) is 5.79. The Morgan fingerprint density at radius 2 is 2.50 bits per heavy atom. The third-order valence-corrected chi connectivity index (χ3v) is 2.64. The number of nitrogens with zero attached hydrogens (tertiary/aromatic N) is 1. The van der Waals surface area contributed by atoms with Crippen LogP contribution in [0.2, 0.25) is 0 Å². The van der Waals surface area contributed by atoms with Gasteiger partial charge in [0.1, 0.15) is 6.67 Å². The van der Waals surface area contributed by atoms with E-state index in [0.29, 0.717) is 18.7 Å². The Bertz CT molecular complexity index is 167. The predicted molar refractivity (Wildman–Crippen MR) is 41.7 cm³/mol. The van der Waals surface area contributed by atoms with E-state index in [0.717, 1.165) is 19.6 Å². The molecular formula is C8H14FNO2. The van der Waals surface area contributed by atoms with E-state index in [1.165, 1.54) is 0 Å². The molecule has 0 radical (unpaired) electrons. The summed E-state index contributed by atoms with van der Waals surface area (Å²) in [6.07, 6.45) is 0.574. The predicted octanol–water partition coefficient (Wildman–Crippen LogP) is -0.210. The first-order valence-electron chi connectivity index (χ1n) is 4.39. The number of aliphatic hydroxyl groups is 1. The zero-order valence-electron chi connectivity index (χ0n) is 6.95. The van der Waals surface area contributed by atoms with Crippen LogP contribution in [0.3, 0.4) is 0 Å². The van der Waals surface area contributed by atoms with Crippen LogP contribution in [0, 0.1) is 0 Å².